The van der Waals surface area contributed by atoms with E-state index in [1.54, 1.807) is 48.5 Å². The summed E-state index contributed by atoms with van der Waals surface area (Å²) in [6.45, 7) is 1.92. The van der Waals surface area contributed by atoms with Crippen LogP contribution >= 0.6 is 11.3 Å². The van der Waals surface area contributed by atoms with Crippen LogP contribution in [0.1, 0.15) is 5.69 Å². The van der Waals surface area contributed by atoms with Gasteiger partial charge in [-0.2, -0.15) is 0 Å². The van der Waals surface area contributed by atoms with Crippen LogP contribution in [0.2, 0.25) is 0 Å². The number of benzene rings is 2. The Labute approximate surface area is 139 Å². The summed E-state index contributed by atoms with van der Waals surface area (Å²) >= 11 is 1.50. The molecule has 0 bridgehead atoms. The maximum Gasteiger partial charge on any atom is 0.261 e. The second-order valence-corrected chi connectivity index (χ2v) is 7.46. The summed E-state index contributed by atoms with van der Waals surface area (Å²) in [5, 5.41) is 5.88. The Balaban J connectivity index is 1.80. The van der Waals surface area contributed by atoms with E-state index < -0.39 is 10.0 Å². The van der Waals surface area contributed by atoms with Gasteiger partial charge in [-0.15, -0.1) is 11.3 Å². The molecule has 0 radical (unpaired) electrons. The zero-order chi connectivity index (χ0) is 16.3. The van der Waals surface area contributed by atoms with Crippen molar-refractivity contribution in [3.8, 4) is 0 Å². The van der Waals surface area contributed by atoms with Crippen molar-refractivity contribution in [2.45, 2.75) is 11.8 Å². The highest BCUT2D eigenvalue weighted by Crippen LogP contribution is 2.24. The number of anilines is 3. The highest BCUT2D eigenvalue weighted by Gasteiger charge is 2.13. The van der Waals surface area contributed by atoms with E-state index in [1.165, 1.54) is 11.3 Å². The van der Waals surface area contributed by atoms with Gasteiger partial charge >= 0.3 is 0 Å². The van der Waals surface area contributed by atoms with Gasteiger partial charge in [0.05, 0.1) is 16.3 Å². The zero-order valence-electron chi connectivity index (χ0n) is 12.4. The van der Waals surface area contributed by atoms with E-state index in [0.717, 1.165) is 16.5 Å². The predicted molar refractivity (Wildman–Crippen MR) is 93.8 cm³/mol. The van der Waals surface area contributed by atoms with Crippen LogP contribution in [0.25, 0.3) is 0 Å². The smallest absolute Gasteiger partial charge is 0.261 e. The first kappa shape index (κ1) is 15.5. The Kier molecular flexibility index (Phi) is 4.31. The van der Waals surface area contributed by atoms with E-state index in [2.05, 4.69) is 15.0 Å². The number of nitrogens with zero attached hydrogens (tertiary/aromatic N) is 1. The Hall–Kier alpha value is -2.38. The van der Waals surface area contributed by atoms with Crippen molar-refractivity contribution >= 4 is 37.9 Å². The molecular weight excluding hydrogens is 330 g/mol. The Bertz CT molecular complexity index is 906. The number of nitrogens with one attached hydrogen (secondary N) is 2. The van der Waals surface area contributed by atoms with E-state index in [-0.39, 0.29) is 4.90 Å². The summed E-state index contributed by atoms with van der Waals surface area (Å²) in [5.41, 5.74) is 2.21. The summed E-state index contributed by atoms with van der Waals surface area (Å²) in [4.78, 5) is 4.56. The molecule has 3 rings (SSSR count). The van der Waals surface area contributed by atoms with Gasteiger partial charge in [0, 0.05) is 11.1 Å². The lowest BCUT2D eigenvalue weighted by atomic mass is 10.3. The van der Waals surface area contributed by atoms with Crippen molar-refractivity contribution in [2.24, 2.45) is 0 Å². The molecule has 0 aliphatic rings. The van der Waals surface area contributed by atoms with E-state index >= 15 is 0 Å². The van der Waals surface area contributed by atoms with Crippen LogP contribution in [0.15, 0.2) is 64.9 Å². The topological polar surface area (TPSA) is 71.1 Å². The van der Waals surface area contributed by atoms with Crippen molar-refractivity contribution in [3.63, 3.8) is 0 Å². The Morgan fingerprint density at radius 3 is 2.43 bits per heavy atom. The molecule has 0 saturated heterocycles. The van der Waals surface area contributed by atoms with Crippen LogP contribution in [0, 0.1) is 6.92 Å². The average Bonchev–Trinajstić information content (AvgIpc) is 2.93. The number of thiazole rings is 1. The predicted octanol–water partition coefficient (Wildman–Crippen LogP) is 4.00. The van der Waals surface area contributed by atoms with Crippen LogP contribution in [0.3, 0.4) is 0 Å². The molecule has 0 atom stereocenters. The first-order valence-corrected chi connectivity index (χ1v) is 9.26. The normalized spacial score (nSPS) is 11.2. The number of aromatic nitrogens is 1. The van der Waals surface area contributed by atoms with Crippen molar-refractivity contribution in [1.82, 2.24) is 4.98 Å². The van der Waals surface area contributed by atoms with Gasteiger partial charge in [0.2, 0.25) is 0 Å². The third-order valence-corrected chi connectivity index (χ3v) is 5.31. The maximum atomic E-state index is 12.3. The molecule has 0 fully saturated rings. The largest absolute Gasteiger partial charge is 0.331 e. The van der Waals surface area contributed by atoms with E-state index in [9.17, 15) is 8.42 Å². The minimum Gasteiger partial charge on any atom is -0.331 e. The van der Waals surface area contributed by atoms with Crippen LogP contribution in [-0.2, 0) is 10.0 Å². The molecule has 0 unspecified atom stereocenters. The molecule has 3 aromatic rings. The summed E-state index contributed by atoms with van der Waals surface area (Å²) in [7, 11) is -3.59. The van der Waals surface area contributed by atoms with Gasteiger partial charge in [0.25, 0.3) is 10.0 Å². The second-order valence-electron chi connectivity index (χ2n) is 4.92. The van der Waals surface area contributed by atoms with Gasteiger partial charge in [-0.05, 0) is 37.3 Å². The monoisotopic (exact) mass is 345 g/mol. The second kappa shape index (κ2) is 6.39. The lowest BCUT2D eigenvalue weighted by Gasteiger charge is -2.10. The molecule has 0 aliphatic heterocycles. The molecule has 0 aliphatic carbocycles. The lowest BCUT2D eigenvalue weighted by molar-refractivity contribution is 0.601. The zero-order valence-corrected chi connectivity index (χ0v) is 14.0. The fraction of sp³-hybridized carbons (Fsp3) is 0.0625. The van der Waals surface area contributed by atoms with Crippen molar-refractivity contribution < 1.29 is 8.42 Å². The van der Waals surface area contributed by atoms with Crippen LogP contribution < -0.4 is 10.0 Å². The number of hydrogen-bond donors (Lipinski definition) is 2. The summed E-state index contributed by atoms with van der Waals surface area (Å²) < 4.78 is 27.2. The van der Waals surface area contributed by atoms with Gasteiger partial charge < -0.3 is 5.32 Å². The van der Waals surface area contributed by atoms with Crippen molar-refractivity contribution in [2.75, 3.05) is 10.0 Å². The number of rotatable bonds is 5. The van der Waals surface area contributed by atoms with Gasteiger partial charge in [-0.1, -0.05) is 24.3 Å². The van der Waals surface area contributed by atoms with Gasteiger partial charge in [0.1, 0.15) is 0 Å². The molecule has 2 aromatic carbocycles. The molecule has 0 saturated carbocycles. The van der Waals surface area contributed by atoms with Crippen LogP contribution in [-0.4, -0.2) is 13.4 Å². The third kappa shape index (κ3) is 3.88. The molecule has 0 amide bonds. The minimum atomic E-state index is -3.59. The van der Waals surface area contributed by atoms with E-state index in [0.29, 0.717) is 5.69 Å². The molecular formula is C16H15N3O2S2. The summed E-state index contributed by atoms with van der Waals surface area (Å²) in [6.07, 6.45) is 0. The van der Waals surface area contributed by atoms with Gasteiger partial charge in [0.15, 0.2) is 5.13 Å². The first-order chi connectivity index (χ1) is 11.0. The van der Waals surface area contributed by atoms with Gasteiger partial charge in [-0.3, -0.25) is 4.72 Å². The van der Waals surface area contributed by atoms with Crippen molar-refractivity contribution in [3.05, 3.63) is 65.7 Å². The van der Waals surface area contributed by atoms with Gasteiger partial charge in [-0.25, -0.2) is 13.4 Å². The number of hydrogen-bond acceptors (Lipinski definition) is 5. The Morgan fingerprint density at radius 2 is 1.74 bits per heavy atom. The molecule has 118 valence electrons. The SMILES string of the molecule is Cc1csc(Nc2cccc(NS(=O)(=O)c3ccccc3)c2)n1. The van der Waals surface area contributed by atoms with Crippen LogP contribution in [0.4, 0.5) is 16.5 Å². The van der Waals surface area contributed by atoms with Crippen LogP contribution in [0.5, 0.6) is 0 Å². The molecule has 1 aromatic heterocycles. The fourth-order valence-electron chi connectivity index (χ4n) is 2.01. The quantitative estimate of drug-likeness (QED) is 0.733. The maximum absolute atomic E-state index is 12.3. The molecule has 1 heterocycles. The first-order valence-electron chi connectivity index (χ1n) is 6.90. The lowest BCUT2D eigenvalue weighted by Crippen LogP contribution is -2.12. The number of aryl methyl sites for hydroxylation is 1. The van der Waals surface area contributed by atoms with E-state index in [4.69, 9.17) is 0 Å². The highest BCUT2D eigenvalue weighted by molar-refractivity contribution is 7.92. The molecule has 5 nitrogen and oxygen atoms in total. The highest BCUT2D eigenvalue weighted by atomic mass is 32.2. The van der Waals surface area contributed by atoms with Crippen molar-refractivity contribution in [1.29, 1.82) is 0 Å². The summed E-state index contributed by atoms with van der Waals surface area (Å²) in [5.74, 6) is 0. The number of sulfonamides is 1. The molecule has 0 spiro atoms. The molecule has 2 N–H and O–H groups in total. The fourth-order valence-corrected chi connectivity index (χ4v) is 3.79. The molecule has 23 heavy (non-hydrogen) atoms. The third-order valence-electron chi connectivity index (χ3n) is 3.04. The molecule has 7 heteroatoms. The Morgan fingerprint density at radius 1 is 1.00 bits per heavy atom. The average molecular weight is 345 g/mol. The minimum absolute atomic E-state index is 0.230. The standard InChI is InChI=1S/C16H15N3O2S2/c1-12-11-22-16(17-12)18-13-6-5-7-14(10-13)19-23(20,21)15-8-3-2-4-9-15/h2-11,19H,1H3,(H,17,18). The van der Waals surface area contributed by atoms with E-state index in [1.807, 2.05) is 18.4 Å². The summed E-state index contributed by atoms with van der Waals surface area (Å²) in [6, 6.07) is 15.4.